The molecule has 35 heavy (non-hydrogen) atoms. The number of likely N-dealkylation sites (tertiary alicyclic amines) is 3. The fraction of sp³-hybridized carbons (Fsp3) is 0.696. The summed E-state index contributed by atoms with van der Waals surface area (Å²) in [5, 5.41) is 8.65. The summed E-state index contributed by atoms with van der Waals surface area (Å²) in [6.45, 7) is 5.19. The minimum atomic E-state index is -4.42. The Labute approximate surface area is 200 Å². The van der Waals surface area contributed by atoms with Gasteiger partial charge in [0, 0.05) is 74.3 Å². The van der Waals surface area contributed by atoms with E-state index in [4.69, 9.17) is 0 Å². The van der Waals surface area contributed by atoms with E-state index >= 15 is 0 Å². The van der Waals surface area contributed by atoms with E-state index in [9.17, 15) is 18.0 Å². The van der Waals surface area contributed by atoms with E-state index in [-0.39, 0.29) is 16.9 Å². The second kappa shape index (κ2) is 7.14. The first-order valence-electron chi connectivity index (χ1n) is 12.3. The summed E-state index contributed by atoms with van der Waals surface area (Å²) in [7, 11) is 0. The highest BCUT2D eigenvalue weighted by molar-refractivity contribution is 5.77. The lowest BCUT2D eigenvalue weighted by atomic mass is 9.57. The molecule has 9 nitrogen and oxygen atoms in total. The van der Waals surface area contributed by atoms with Crippen LogP contribution in [0, 0.1) is 10.8 Å². The van der Waals surface area contributed by atoms with E-state index in [1.807, 2.05) is 9.80 Å². The number of nitrogens with one attached hydrogen (secondary N) is 1. The summed E-state index contributed by atoms with van der Waals surface area (Å²) >= 11 is 0. The molecule has 186 valence electrons. The number of halogens is 3. The van der Waals surface area contributed by atoms with Crippen molar-refractivity contribution in [3.8, 4) is 0 Å². The molecule has 2 spiro atoms. The normalized spacial score (nSPS) is 25.2. The van der Waals surface area contributed by atoms with E-state index in [0.29, 0.717) is 24.2 Å². The molecule has 5 fully saturated rings. The van der Waals surface area contributed by atoms with Gasteiger partial charge in [0.2, 0.25) is 0 Å². The zero-order chi connectivity index (χ0) is 24.0. The molecule has 0 aromatic carbocycles. The smallest absolute Gasteiger partial charge is 0.328 e. The molecule has 1 N–H and O–H groups in total. The van der Waals surface area contributed by atoms with E-state index in [1.165, 1.54) is 12.8 Å². The van der Waals surface area contributed by atoms with Crippen molar-refractivity contribution in [3.05, 3.63) is 35.4 Å². The third kappa shape index (κ3) is 3.68. The highest BCUT2D eigenvalue weighted by Crippen LogP contribution is 2.56. The second-order valence-corrected chi connectivity index (χ2v) is 11.5. The van der Waals surface area contributed by atoms with Crippen molar-refractivity contribution in [3.63, 3.8) is 0 Å². The molecule has 3 saturated heterocycles. The van der Waals surface area contributed by atoms with Crippen LogP contribution in [0.3, 0.4) is 0 Å². The largest absolute Gasteiger partial charge is 0.419 e. The molecule has 2 aromatic heterocycles. The Kier molecular flexibility index (Phi) is 4.39. The van der Waals surface area contributed by atoms with Crippen molar-refractivity contribution in [2.45, 2.75) is 50.2 Å². The van der Waals surface area contributed by atoms with Gasteiger partial charge in [0.1, 0.15) is 17.5 Å². The number of carbonyl (C=O) groups excluding carboxylic acids is 1. The van der Waals surface area contributed by atoms with Gasteiger partial charge in [-0.15, -0.1) is 10.2 Å². The Morgan fingerprint density at radius 1 is 0.914 bits per heavy atom. The van der Waals surface area contributed by atoms with E-state index in [1.54, 1.807) is 0 Å². The molecule has 0 bridgehead atoms. The number of amides is 2. The number of rotatable bonds is 4. The van der Waals surface area contributed by atoms with Crippen molar-refractivity contribution >= 4 is 6.03 Å². The summed E-state index contributed by atoms with van der Waals surface area (Å²) in [6, 6.07) is 0.130. The molecule has 2 aliphatic carbocycles. The average molecular weight is 489 g/mol. The maximum atomic E-state index is 12.9. The number of aromatic amines is 1. The average Bonchev–Trinajstić information content (AvgIpc) is 3.44. The van der Waals surface area contributed by atoms with Gasteiger partial charge in [-0.3, -0.25) is 4.90 Å². The van der Waals surface area contributed by atoms with Gasteiger partial charge in [-0.2, -0.15) is 13.2 Å². The van der Waals surface area contributed by atoms with Crippen LogP contribution in [0.25, 0.3) is 0 Å². The Hall–Kier alpha value is -2.76. The predicted octanol–water partition coefficient (Wildman–Crippen LogP) is 2.61. The predicted molar refractivity (Wildman–Crippen MR) is 116 cm³/mol. The first-order valence-corrected chi connectivity index (χ1v) is 12.3. The standard InChI is InChI=1S/C23H27F3N8O/c24-23(25,26)16-5-27-17(28-6-16)7-32-8-22(9-32)12-34(13-22)20(35)33-10-21(11-33)3-15(4-21)19-29-18(30-31-19)14-1-2-14/h5-6,14-15H,1-4,7-13H2,(H,29,30,31). The number of H-pyrrole nitrogens is 1. The first kappa shape index (κ1) is 21.5. The molecular weight excluding hydrogens is 461 g/mol. The Morgan fingerprint density at radius 3 is 2.06 bits per heavy atom. The van der Waals surface area contributed by atoms with Gasteiger partial charge in [0.05, 0.1) is 12.1 Å². The Balaban J connectivity index is 0.840. The number of hydrogen-bond acceptors (Lipinski definition) is 6. The number of alkyl halides is 3. The zero-order valence-electron chi connectivity index (χ0n) is 19.3. The molecule has 7 rings (SSSR count). The fourth-order valence-corrected chi connectivity index (χ4v) is 6.44. The van der Waals surface area contributed by atoms with Crippen LogP contribution >= 0.6 is 0 Å². The summed E-state index contributed by atoms with van der Waals surface area (Å²) in [5.74, 6) is 3.47. The Bertz CT molecular complexity index is 1130. The van der Waals surface area contributed by atoms with Crippen LogP contribution in [-0.2, 0) is 12.7 Å². The van der Waals surface area contributed by atoms with E-state index in [0.717, 1.165) is 76.2 Å². The van der Waals surface area contributed by atoms with Crippen LogP contribution in [-0.4, -0.2) is 85.1 Å². The summed E-state index contributed by atoms with van der Waals surface area (Å²) < 4.78 is 38.0. The number of carbonyl (C=O) groups is 1. The minimum Gasteiger partial charge on any atom is -0.328 e. The van der Waals surface area contributed by atoms with Crippen LogP contribution in [0.1, 0.15) is 60.6 Å². The monoisotopic (exact) mass is 488 g/mol. The first-order chi connectivity index (χ1) is 16.7. The van der Waals surface area contributed by atoms with Gasteiger partial charge < -0.3 is 14.8 Å². The summed E-state index contributed by atoms with van der Waals surface area (Å²) in [5.41, 5.74) is -0.470. The van der Waals surface area contributed by atoms with Gasteiger partial charge in [-0.25, -0.2) is 14.8 Å². The highest BCUT2D eigenvalue weighted by atomic mass is 19.4. The summed E-state index contributed by atoms with van der Waals surface area (Å²) in [6.07, 6.45) is 1.81. The third-order valence-electron chi connectivity index (χ3n) is 8.39. The van der Waals surface area contributed by atoms with Crippen LogP contribution < -0.4 is 0 Å². The van der Waals surface area contributed by atoms with Crippen molar-refractivity contribution in [1.82, 2.24) is 39.8 Å². The lowest BCUT2D eigenvalue weighted by Gasteiger charge is -2.63. The molecule has 2 aromatic rings. The lowest BCUT2D eigenvalue weighted by molar-refractivity contribution is -0.138. The van der Waals surface area contributed by atoms with Gasteiger partial charge >= 0.3 is 12.2 Å². The second-order valence-electron chi connectivity index (χ2n) is 11.5. The number of hydrogen-bond donors (Lipinski definition) is 1. The number of urea groups is 1. The molecule has 2 saturated carbocycles. The van der Waals surface area contributed by atoms with Crippen molar-refractivity contribution in [1.29, 1.82) is 0 Å². The van der Waals surface area contributed by atoms with E-state index in [2.05, 4.69) is 30.0 Å². The molecule has 0 radical (unpaired) electrons. The maximum Gasteiger partial charge on any atom is 0.419 e. The van der Waals surface area contributed by atoms with Crippen molar-refractivity contribution in [2.24, 2.45) is 10.8 Å². The molecule has 0 unspecified atom stereocenters. The lowest BCUT2D eigenvalue weighted by Crippen LogP contribution is -2.75. The summed E-state index contributed by atoms with van der Waals surface area (Å²) in [4.78, 5) is 30.0. The van der Waals surface area contributed by atoms with Crippen LogP contribution in [0.2, 0.25) is 0 Å². The van der Waals surface area contributed by atoms with Gasteiger partial charge in [0.15, 0.2) is 0 Å². The van der Waals surface area contributed by atoms with Crippen LogP contribution in [0.15, 0.2) is 12.4 Å². The quantitative estimate of drug-likeness (QED) is 0.711. The number of aromatic nitrogens is 5. The highest BCUT2D eigenvalue weighted by Gasteiger charge is 2.58. The minimum absolute atomic E-state index is 0.108. The zero-order valence-corrected chi connectivity index (χ0v) is 19.3. The molecule has 5 heterocycles. The third-order valence-corrected chi connectivity index (χ3v) is 8.39. The Morgan fingerprint density at radius 2 is 1.49 bits per heavy atom. The van der Waals surface area contributed by atoms with Gasteiger partial charge in [0.25, 0.3) is 0 Å². The van der Waals surface area contributed by atoms with E-state index < -0.39 is 11.7 Å². The number of nitrogens with zero attached hydrogens (tertiary/aromatic N) is 7. The molecule has 0 atom stereocenters. The SMILES string of the molecule is O=C(N1CC2(CC(c3nnc(C4CC4)[nH]3)C2)C1)N1CC2(CN(Cc3ncc(C(F)(F)F)cn3)C2)C1. The van der Waals surface area contributed by atoms with Crippen LogP contribution in [0.5, 0.6) is 0 Å². The molecule has 2 amide bonds. The topological polar surface area (TPSA) is 94.1 Å². The molecule has 12 heteroatoms. The molecule has 3 aliphatic heterocycles. The van der Waals surface area contributed by atoms with Crippen molar-refractivity contribution < 1.29 is 18.0 Å². The van der Waals surface area contributed by atoms with Gasteiger partial charge in [-0.05, 0) is 25.7 Å². The van der Waals surface area contributed by atoms with Crippen LogP contribution in [0.4, 0.5) is 18.0 Å². The van der Waals surface area contributed by atoms with Gasteiger partial charge in [-0.1, -0.05) is 0 Å². The van der Waals surface area contributed by atoms with Crippen molar-refractivity contribution in [2.75, 3.05) is 39.3 Å². The molecule has 5 aliphatic rings. The fourth-order valence-electron chi connectivity index (χ4n) is 6.44. The molecular formula is C23H27F3N8O. The maximum absolute atomic E-state index is 12.9.